The van der Waals surface area contributed by atoms with Crippen LogP contribution < -0.4 is 4.90 Å². The van der Waals surface area contributed by atoms with Crippen molar-refractivity contribution in [1.82, 2.24) is 4.98 Å². The Hall–Kier alpha value is -2.80. The van der Waals surface area contributed by atoms with Gasteiger partial charge in [0.05, 0.1) is 32.3 Å². The van der Waals surface area contributed by atoms with E-state index in [2.05, 4.69) is 46.3 Å². The Labute approximate surface area is 202 Å². The highest BCUT2D eigenvalue weighted by Crippen LogP contribution is 2.26. The Morgan fingerprint density at radius 3 is 2.76 bits per heavy atom. The molecule has 0 radical (unpaired) electrons. The average Bonchev–Trinajstić information content (AvgIpc) is 2.87. The highest BCUT2D eigenvalue weighted by Gasteiger charge is 2.22. The lowest BCUT2D eigenvalue weighted by molar-refractivity contribution is -0.149. The molecule has 1 aliphatic carbocycles. The summed E-state index contributed by atoms with van der Waals surface area (Å²) in [4.78, 5) is 19.3. The van der Waals surface area contributed by atoms with Gasteiger partial charge in [-0.2, -0.15) is 5.11 Å². The number of carbonyl (C=O) groups excluding carboxylic acids is 1. The average molecular weight is 465 g/mol. The second kappa shape index (κ2) is 12.6. The molecule has 0 unspecified atom stereocenters. The molecule has 2 aliphatic rings. The molecule has 0 spiro atoms. The number of hydrogen-bond acceptors (Lipinski definition) is 7. The summed E-state index contributed by atoms with van der Waals surface area (Å²) < 4.78 is 11.1. The van der Waals surface area contributed by atoms with Crippen LogP contribution in [0, 0.1) is 12.8 Å². The topological polar surface area (TPSA) is 76.4 Å². The molecule has 2 heterocycles. The third-order valence-electron chi connectivity index (χ3n) is 6.49. The largest absolute Gasteiger partial charge is 0.465 e. The zero-order chi connectivity index (χ0) is 23.6. The van der Waals surface area contributed by atoms with Crippen molar-refractivity contribution in [2.75, 3.05) is 37.8 Å². The number of benzene rings is 1. The number of rotatable bonds is 9. The van der Waals surface area contributed by atoms with Gasteiger partial charge >= 0.3 is 5.97 Å². The maximum absolute atomic E-state index is 12.3. The second-order valence-electron chi connectivity index (χ2n) is 9.27. The minimum atomic E-state index is -0.0274. The van der Waals surface area contributed by atoms with Gasteiger partial charge in [-0.3, -0.25) is 4.79 Å². The Kier molecular flexibility index (Phi) is 9.02. The van der Waals surface area contributed by atoms with Crippen LogP contribution in [0.25, 0.3) is 0 Å². The Balaban J connectivity index is 1.37. The summed E-state index contributed by atoms with van der Waals surface area (Å²) >= 11 is 0. The molecule has 2 fully saturated rings. The predicted molar refractivity (Wildman–Crippen MR) is 133 cm³/mol. The van der Waals surface area contributed by atoms with E-state index in [-0.39, 0.29) is 11.9 Å². The molecule has 4 rings (SSSR count). The number of pyridine rings is 1. The van der Waals surface area contributed by atoms with Crippen LogP contribution in [0.15, 0.2) is 46.6 Å². The number of aryl methyl sites for hydroxylation is 2. The van der Waals surface area contributed by atoms with Crippen molar-refractivity contribution in [3.8, 4) is 0 Å². The smallest absolute Gasteiger partial charge is 0.308 e. The van der Waals surface area contributed by atoms with Crippen molar-refractivity contribution < 1.29 is 14.3 Å². The second-order valence-corrected chi connectivity index (χ2v) is 9.27. The Morgan fingerprint density at radius 1 is 1.15 bits per heavy atom. The van der Waals surface area contributed by atoms with Crippen LogP contribution in [0.1, 0.15) is 55.3 Å². The van der Waals surface area contributed by atoms with Gasteiger partial charge in [-0.15, -0.1) is 5.11 Å². The fraction of sp³-hybridized carbons (Fsp3) is 0.556. The summed E-state index contributed by atoms with van der Waals surface area (Å²) in [5.74, 6) is 0.683. The molecule has 34 heavy (non-hydrogen) atoms. The van der Waals surface area contributed by atoms with E-state index in [0.29, 0.717) is 19.0 Å². The molecule has 1 aliphatic heterocycles. The molecule has 7 heteroatoms. The molecule has 0 atom stereocenters. The number of esters is 1. The molecule has 0 amide bonds. The van der Waals surface area contributed by atoms with Crippen LogP contribution in [-0.2, 0) is 27.2 Å². The van der Waals surface area contributed by atoms with Gasteiger partial charge in [0.1, 0.15) is 0 Å². The van der Waals surface area contributed by atoms with Crippen molar-refractivity contribution in [3.05, 3.63) is 53.2 Å². The molecule has 0 N–H and O–H groups in total. The number of carbonyl (C=O) groups is 1. The van der Waals surface area contributed by atoms with Crippen LogP contribution in [0.5, 0.6) is 0 Å². The highest BCUT2D eigenvalue weighted by molar-refractivity contribution is 5.72. The van der Waals surface area contributed by atoms with Gasteiger partial charge in [-0.1, -0.05) is 49.1 Å². The van der Waals surface area contributed by atoms with Gasteiger partial charge in [0, 0.05) is 30.5 Å². The number of azo groups is 1. The summed E-state index contributed by atoms with van der Waals surface area (Å²) in [6.45, 7) is 6.18. The first-order chi connectivity index (χ1) is 16.7. The molecular formula is C27H36N4O3. The molecule has 7 nitrogen and oxygen atoms in total. The lowest BCUT2D eigenvalue weighted by atomic mass is 9.89. The predicted octanol–water partition coefficient (Wildman–Crippen LogP) is 5.57. The van der Waals surface area contributed by atoms with Gasteiger partial charge in [0.25, 0.3) is 0 Å². The Bertz CT molecular complexity index is 966. The third kappa shape index (κ3) is 7.35. The molecule has 1 saturated carbocycles. The molecular weight excluding hydrogens is 428 g/mol. The molecule has 1 aromatic carbocycles. The monoisotopic (exact) mass is 464 g/mol. The van der Waals surface area contributed by atoms with E-state index >= 15 is 0 Å². The van der Waals surface area contributed by atoms with Crippen LogP contribution in [0.3, 0.4) is 0 Å². The summed E-state index contributed by atoms with van der Waals surface area (Å²) in [5, 5.41) is 8.84. The molecule has 1 saturated heterocycles. The summed E-state index contributed by atoms with van der Waals surface area (Å²) in [7, 11) is 0. The maximum Gasteiger partial charge on any atom is 0.308 e. The summed E-state index contributed by atoms with van der Waals surface area (Å²) in [6.07, 6.45) is 6.93. The number of aromatic nitrogens is 1. The number of morpholine rings is 1. The highest BCUT2D eigenvalue weighted by atomic mass is 16.5. The number of nitrogens with zero attached hydrogens (tertiary/aromatic N) is 4. The maximum atomic E-state index is 12.3. The van der Waals surface area contributed by atoms with Crippen molar-refractivity contribution in [2.45, 2.75) is 58.4 Å². The lowest BCUT2D eigenvalue weighted by Gasteiger charge is -2.29. The van der Waals surface area contributed by atoms with E-state index in [1.54, 1.807) is 0 Å². The van der Waals surface area contributed by atoms with Crippen LogP contribution in [0.4, 0.5) is 11.5 Å². The number of hydrogen-bond donors (Lipinski definition) is 0. The first-order valence-corrected chi connectivity index (χ1v) is 12.6. The van der Waals surface area contributed by atoms with Gasteiger partial charge in [0.15, 0.2) is 5.82 Å². The number of anilines is 1. The van der Waals surface area contributed by atoms with E-state index in [9.17, 15) is 4.79 Å². The first kappa shape index (κ1) is 24.3. The van der Waals surface area contributed by atoms with E-state index in [1.165, 1.54) is 12.0 Å². The molecule has 0 bridgehead atoms. The van der Waals surface area contributed by atoms with Crippen LogP contribution in [0.2, 0.25) is 0 Å². The van der Waals surface area contributed by atoms with Crippen LogP contribution >= 0.6 is 0 Å². The van der Waals surface area contributed by atoms with Crippen LogP contribution in [-0.4, -0.2) is 43.9 Å². The quantitative estimate of drug-likeness (QED) is 0.276. The lowest BCUT2D eigenvalue weighted by Crippen LogP contribution is -2.36. The fourth-order valence-corrected chi connectivity index (χ4v) is 4.62. The molecule has 2 aromatic rings. The molecule has 182 valence electrons. The zero-order valence-electron chi connectivity index (χ0n) is 20.2. The zero-order valence-corrected chi connectivity index (χ0v) is 20.2. The standard InChI is InChI=1S/C27H36N4O3/c1-21-7-5-8-22(17-21)20-28-30-26-19-25(31-12-15-33-16-13-31)18-24(29-26)11-6-14-34-27(32)23-9-3-2-4-10-23/h5,7-8,17-19,23H,2-4,6,9-16,20H2,1H3. The van der Waals surface area contributed by atoms with Crippen molar-refractivity contribution >= 4 is 17.5 Å². The van der Waals surface area contributed by atoms with Gasteiger partial charge in [-0.25, -0.2) is 4.98 Å². The SMILES string of the molecule is Cc1cccc(CN=Nc2cc(N3CCOCC3)cc(CCCOC(=O)C3CCCCC3)n2)c1. The summed E-state index contributed by atoms with van der Waals surface area (Å²) in [6, 6.07) is 12.4. The van der Waals surface area contributed by atoms with E-state index < -0.39 is 0 Å². The van der Waals surface area contributed by atoms with E-state index in [4.69, 9.17) is 14.5 Å². The Morgan fingerprint density at radius 2 is 1.97 bits per heavy atom. The van der Waals surface area contributed by atoms with Crippen molar-refractivity contribution in [2.24, 2.45) is 16.1 Å². The van der Waals surface area contributed by atoms with Gasteiger partial charge in [0.2, 0.25) is 0 Å². The van der Waals surface area contributed by atoms with E-state index in [1.807, 2.05) is 12.1 Å². The molecule has 1 aromatic heterocycles. The van der Waals surface area contributed by atoms with Crippen molar-refractivity contribution in [3.63, 3.8) is 0 Å². The van der Waals surface area contributed by atoms with E-state index in [0.717, 1.165) is 81.8 Å². The third-order valence-corrected chi connectivity index (χ3v) is 6.49. The normalized spacial score (nSPS) is 17.3. The van der Waals surface area contributed by atoms with Crippen molar-refractivity contribution in [1.29, 1.82) is 0 Å². The first-order valence-electron chi connectivity index (χ1n) is 12.6. The van der Waals surface area contributed by atoms with Gasteiger partial charge < -0.3 is 14.4 Å². The minimum Gasteiger partial charge on any atom is -0.465 e. The van der Waals surface area contributed by atoms with Gasteiger partial charge in [-0.05, 0) is 44.2 Å². The summed E-state index contributed by atoms with van der Waals surface area (Å²) in [5.41, 5.74) is 4.39. The fourth-order valence-electron chi connectivity index (χ4n) is 4.62. The number of ether oxygens (including phenoxy) is 2. The minimum absolute atomic E-state index is 0.0274.